The van der Waals surface area contributed by atoms with Gasteiger partial charge in [0.1, 0.15) is 0 Å². The van der Waals surface area contributed by atoms with Crippen LogP contribution in [-0.2, 0) is 4.74 Å². The Labute approximate surface area is 74.6 Å². The summed E-state index contributed by atoms with van der Waals surface area (Å²) in [6.45, 7) is 4.06. The summed E-state index contributed by atoms with van der Waals surface area (Å²) in [6, 6.07) is 0. The van der Waals surface area contributed by atoms with E-state index in [2.05, 4.69) is 6.58 Å². The molecule has 0 aliphatic heterocycles. The predicted octanol–water partition coefficient (Wildman–Crippen LogP) is 3.46. The number of hydrogen-bond donors (Lipinski definition) is 0. The highest BCUT2D eigenvalue weighted by Crippen LogP contribution is 2.05. The molecule has 0 aromatic carbocycles. The van der Waals surface area contributed by atoms with Crippen LogP contribution in [0.4, 0.5) is 4.39 Å². The van der Waals surface area contributed by atoms with Gasteiger partial charge in [0, 0.05) is 0 Å². The van der Waals surface area contributed by atoms with Gasteiger partial charge in [-0.2, -0.15) is 0 Å². The standard InChI is InChI=1S/C10H19FO/c1-2-12-10-8-6-4-3-5-7-9-11/h2H,1,3-10H2. The summed E-state index contributed by atoms with van der Waals surface area (Å²) in [4.78, 5) is 0. The van der Waals surface area contributed by atoms with Gasteiger partial charge in [0.15, 0.2) is 0 Å². The molecule has 0 aliphatic rings. The van der Waals surface area contributed by atoms with Crippen LogP contribution in [0, 0.1) is 0 Å². The third-order valence-electron chi connectivity index (χ3n) is 1.76. The van der Waals surface area contributed by atoms with E-state index in [1.807, 2.05) is 0 Å². The first kappa shape index (κ1) is 11.5. The van der Waals surface area contributed by atoms with Crippen LogP contribution in [0.2, 0.25) is 0 Å². The summed E-state index contributed by atoms with van der Waals surface area (Å²) < 4.78 is 16.6. The van der Waals surface area contributed by atoms with Gasteiger partial charge in [-0.1, -0.05) is 32.3 Å². The van der Waals surface area contributed by atoms with Crippen LogP contribution < -0.4 is 0 Å². The van der Waals surface area contributed by atoms with Gasteiger partial charge in [0.2, 0.25) is 0 Å². The average Bonchev–Trinajstić information content (AvgIpc) is 2.10. The fourth-order valence-electron chi connectivity index (χ4n) is 1.07. The summed E-state index contributed by atoms with van der Waals surface area (Å²) in [5, 5.41) is 0. The van der Waals surface area contributed by atoms with Gasteiger partial charge < -0.3 is 4.74 Å². The van der Waals surface area contributed by atoms with Gasteiger partial charge in [0.05, 0.1) is 19.5 Å². The number of halogens is 1. The second-order valence-electron chi connectivity index (χ2n) is 2.85. The van der Waals surface area contributed by atoms with Gasteiger partial charge in [0.25, 0.3) is 0 Å². The van der Waals surface area contributed by atoms with Crippen molar-refractivity contribution in [2.75, 3.05) is 13.3 Å². The highest BCUT2D eigenvalue weighted by atomic mass is 19.1. The monoisotopic (exact) mass is 174 g/mol. The molecule has 0 aromatic heterocycles. The maximum absolute atomic E-state index is 11.6. The summed E-state index contributed by atoms with van der Waals surface area (Å²) in [7, 11) is 0. The fourth-order valence-corrected chi connectivity index (χ4v) is 1.07. The zero-order chi connectivity index (χ0) is 9.07. The zero-order valence-electron chi connectivity index (χ0n) is 7.73. The summed E-state index contributed by atoms with van der Waals surface area (Å²) >= 11 is 0. The molecule has 0 fully saturated rings. The lowest BCUT2D eigenvalue weighted by atomic mass is 10.1. The van der Waals surface area contributed by atoms with E-state index in [1.54, 1.807) is 0 Å². The second-order valence-corrected chi connectivity index (χ2v) is 2.85. The van der Waals surface area contributed by atoms with E-state index in [4.69, 9.17) is 4.74 Å². The van der Waals surface area contributed by atoms with E-state index >= 15 is 0 Å². The second kappa shape index (κ2) is 10.5. The number of alkyl halides is 1. The third-order valence-corrected chi connectivity index (χ3v) is 1.76. The molecule has 0 atom stereocenters. The topological polar surface area (TPSA) is 9.23 Å². The molecule has 0 amide bonds. The quantitative estimate of drug-likeness (QED) is 0.384. The minimum atomic E-state index is -0.167. The van der Waals surface area contributed by atoms with Gasteiger partial charge in [-0.05, 0) is 12.8 Å². The van der Waals surface area contributed by atoms with E-state index in [9.17, 15) is 4.39 Å². The molecule has 12 heavy (non-hydrogen) atoms. The smallest absolute Gasteiger partial charge is 0.0894 e. The molecule has 0 rings (SSSR count). The number of ether oxygens (including phenoxy) is 1. The van der Waals surface area contributed by atoms with Crippen LogP contribution in [0.5, 0.6) is 0 Å². The van der Waals surface area contributed by atoms with Crippen LogP contribution in [0.3, 0.4) is 0 Å². The average molecular weight is 174 g/mol. The molecule has 0 spiro atoms. The summed E-state index contributed by atoms with van der Waals surface area (Å²) in [5.74, 6) is 0. The maximum atomic E-state index is 11.6. The Morgan fingerprint density at radius 1 is 1.00 bits per heavy atom. The Morgan fingerprint density at radius 2 is 1.58 bits per heavy atom. The molecular weight excluding hydrogens is 155 g/mol. The van der Waals surface area contributed by atoms with E-state index in [1.165, 1.54) is 19.1 Å². The van der Waals surface area contributed by atoms with E-state index < -0.39 is 0 Å². The van der Waals surface area contributed by atoms with Crippen molar-refractivity contribution in [2.45, 2.75) is 38.5 Å². The molecule has 0 heterocycles. The lowest BCUT2D eigenvalue weighted by Gasteiger charge is -2.00. The molecule has 72 valence electrons. The van der Waals surface area contributed by atoms with Gasteiger partial charge in [-0.15, -0.1) is 0 Å². The van der Waals surface area contributed by atoms with Gasteiger partial charge in [-0.3, -0.25) is 4.39 Å². The largest absolute Gasteiger partial charge is 0.502 e. The first-order valence-electron chi connectivity index (χ1n) is 4.70. The van der Waals surface area contributed by atoms with Crippen molar-refractivity contribution in [1.29, 1.82) is 0 Å². The highest BCUT2D eigenvalue weighted by Gasteiger charge is 1.90. The minimum Gasteiger partial charge on any atom is -0.502 e. The summed E-state index contributed by atoms with van der Waals surface area (Å²) in [6.07, 6.45) is 7.84. The van der Waals surface area contributed by atoms with E-state index in [0.29, 0.717) is 0 Å². The van der Waals surface area contributed by atoms with Crippen molar-refractivity contribution >= 4 is 0 Å². The molecular formula is C10H19FO. The van der Waals surface area contributed by atoms with Crippen molar-refractivity contribution in [2.24, 2.45) is 0 Å². The molecule has 0 bridgehead atoms. The molecule has 0 saturated carbocycles. The first-order chi connectivity index (χ1) is 5.91. The van der Waals surface area contributed by atoms with Crippen LogP contribution in [0.1, 0.15) is 38.5 Å². The Bertz CT molecular complexity index is 93.8. The Morgan fingerprint density at radius 3 is 2.17 bits per heavy atom. The predicted molar refractivity (Wildman–Crippen MR) is 49.8 cm³/mol. The number of rotatable bonds is 9. The van der Waals surface area contributed by atoms with Crippen molar-refractivity contribution in [3.63, 3.8) is 0 Å². The zero-order valence-corrected chi connectivity index (χ0v) is 7.73. The van der Waals surface area contributed by atoms with Crippen molar-refractivity contribution in [3.8, 4) is 0 Å². The Balaban J connectivity index is 2.77. The lowest BCUT2D eigenvalue weighted by Crippen LogP contribution is -1.87. The van der Waals surface area contributed by atoms with E-state index in [0.717, 1.165) is 32.3 Å². The first-order valence-corrected chi connectivity index (χ1v) is 4.70. The third kappa shape index (κ3) is 9.47. The van der Waals surface area contributed by atoms with E-state index in [-0.39, 0.29) is 6.67 Å². The normalized spacial score (nSPS) is 9.75. The highest BCUT2D eigenvalue weighted by molar-refractivity contribution is 4.50. The molecule has 2 heteroatoms. The van der Waals surface area contributed by atoms with Gasteiger partial charge >= 0.3 is 0 Å². The minimum absolute atomic E-state index is 0.167. The molecule has 0 aromatic rings. The number of hydrogen-bond acceptors (Lipinski definition) is 1. The molecule has 0 saturated heterocycles. The van der Waals surface area contributed by atoms with Crippen LogP contribution in [0.25, 0.3) is 0 Å². The maximum Gasteiger partial charge on any atom is 0.0894 e. The lowest BCUT2D eigenvalue weighted by molar-refractivity contribution is 0.241. The fraction of sp³-hybridized carbons (Fsp3) is 0.800. The van der Waals surface area contributed by atoms with Crippen molar-refractivity contribution < 1.29 is 9.13 Å². The Kier molecular flexibility index (Phi) is 10.0. The Hall–Kier alpha value is -0.530. The van der Waals surface area contributed by atoms with Crippen molar-refractivity contribution in [3.05, 3.63) is 12.8 Å². The van der Waals surface area contributed by atoms with Gasteiger partial charge in [-0.25, -0.2) is 0 Å². The van der Waals surface area contributed by atoms with Crippen LogP contribution in [-0.4, -0.2) is 13.3 Å². The summed E-state index contributed by atoms with van der Waals surface area (Å²) in [5.41, 5.74) is 0. The van der Waals surface area contributed by atoms with Crippen LogP contribution >= 0.6 is 0 Å². The molecule has 0 aliphatic carbocycles. The van der Waals surface area contributed by atoms with Crippen LogP contribution in [0.15, 0.2) is 12.8 Å². The van der Waals surface area contributed by atoms with Crippen molar-refractivity contribution in [1.82, 2.24) is 0 Å². The SMILES string of the molecule is C=COCCCCCCCCF. The molecule has 0 radical (unpaired) electrons. The number of unbranched alkanes of at least 4 members (excludes halogenated alkanes) is 5. The molecule has 0 N–H and O–H groups in total. The molecule has 0 unspecified atom stereocenters. The molecule has 1 nitrogen and oxygen atoms in total.